The van der Waals surface area contributed by atoms with Crippen LogP contribution in [0, 0.1) is 11.7 Å². The van der Waals surface area contributed by atoms with Gasteiger partial charge in [-0.15, -0.1) is 0 Å². The van der Waals surface area contributed by atoms with E-state index in [1.54, 1.807) is 41.1 Å². The van der Waals surface area contributed by atoms with Gasteiger partial charge in [0.1, 0.15) is 5.82 Å². The Kier molecular flexibility index (Phi) is 5.84. The van der Waals surface area contributed by atoms with Gasteiger partial charge in [-0.25, -0.2) is 9.07 Å². The van der Waals surface area contributed by atoms with E-state index in [0.717, 1.165) is 36.2 Å². The Hall–Kier alpha value is -3.48. The van der Waals surface area contributed by atoms with Gasteiger partial charge in [0, 0.05) is 29.1 Å². The molecule has 0 radical (unpaired) electrons. The molecule has 7 heteroatoms. The predicted octanol–water partition coefficient (Wildman–Crippen LogP) is 4.74. The predicted molar refractivity (Wildman–Crippen MR) is 118 cm³/mol. The van der Waals surface area contributed by atoms with Crippen LogP contribution in [0.2, 0.25) is 0 Å². The van der Waals surface area contributed by atoms with Crippen LogP contribution in [0.15, 0.2) is 48.5 Å². The quantitative estimate of drug-likeness (QED) is 0.605. The van der Waals surface area contributed by atoms with Crippen molar-refractivity contribution in [2.24, 2.45) is 5.92 Å². The smallest absolute Gasteiger partial charge is 0.276 e. The Labute approximate surface area is 180 Å². The summed E-state index contributed by atoms with van der Waals surface area (Å²) in [4.78, 5) is 24.8. The highest BCUT2D eigenvalue weighted by molar-refractivity contribution is 6.04. The molecule has 2 N–H and O–H groups in total. The van der Waals surface area contributed by atoms with Gasteiger partial charge in [0.25, 0.3) is 5.91 Å². The molecule has 0 fully saturated rings. The summed E-state index contributed by atoms with van der Waals surface area (Å²) in [6, 6.07) is 13.1. The van der Waals surface area contributed by atoms with Crippen molar-refractivity contribution in [2.75, 3.05) is 10.6 Å². The fourth-order valence-electron chi connectivity index (χ4n) is 3.83. The van der Waals surface area contributed by atoms with E-state index in [0.29, 0.717) is 23.5 Å². The number of amides is 2. The normalized spacial score (nSPS) is 12.6. The van der Waals surface area contributed by atoms with Crippen LogP contribution in [0.1, 0.15) is 48.4 Å². The maximum absolute atomic E-state index is 13.3. The van der Waals surface area contributed by atoms with Gasteiger partial charge in [0.2, 0.25) is 5.91 Å². The lowest BCUT2D eigenvalue weighted by atomic mass is 10.1. The SMILES string of the molecule is CC(C)CC(=O)Nc1ccc(NC(=O)c2nn(-c3ccc(F)cc3)c3c2CCC3)cc1. The number of hydrogen-bond donors (Lipinski definition) is 2. The standard InChI is InChI=1S/C24H25FN4O2/c1-15(2)14-22(30)26-17-8-10-18(11-9-17)27-24(31)23-20-4-3-5-21(20)29(28-23)19-12-6-16(25)7-13-19/h6-13,15H,3-5,14H2,1-2H3,(H,26,30)(H,27,31). The van der Waals surface area contributed by atoms with E-state index in [2.05, 4.69) is 15.7 Å². The lowest BCUT2D eigenvalue weighted by molar-refractivity contribution is -0.116. The van der Waals surface area contributed by atoms with Crippen LogP contribution in [0.4, 0.5) is 15.8 Å². The van der Waals surface area contributed by atoms with Crippen molar-refractivity contribution in [2.45, 2.75) is 39.5 Å². The highest BCUT2D eigenvalue weighted by Gasteiger charge is 2.27. The van der Waals surface area contributed by atoms with Crippen LogP contribution in [0.5, 0.6) is 0 Å². The molecule has 0 atom stereocenters. The molecule has 1 aromatic heterocycles. The number of nitrogens with zero attached hydrogens (tertiary/aromatic N) is 2. The molecule has 0 saturated heterocycles. The third kappa shape index (κ3) is 4.66. The van der Waals surface area contributed by atoms with Crippen molar-refractivity contribution in [3.8, 4) is 5.69 Å². The zero-order valence-electron chi connectivity index (χ0n) is 17.6. The second kappa shape index (κ2) is 8.71. The van der Waals surface area contributed by atoms with E-state index < -0.39 is 0 Å². The van der Waals surface area contributed by atoms with Crippen LogP contribution in [-0.2, 0) is 17.6 Å². The second-order valence-corrected chi connectivity index (χ2v) is 8.19. The van der Waals surface area contributed by atoms with Crippen LogP contribution in [-0.4, -0.2) is 21.6 Å². The Morgan fingerprint density at radius 1 is 1.00 bits per heavy atom. The van der Waals surface area contributed by atoms with Crippen molar-refractivity contribution in [3.05, 3.63) is 71.3 Å². The number of nitrogens with one attached hydrogen (secondary N) is 2. The number of carbonyl (C=O) groups is 2. The molecule has 3 aromatic rings. The van der Waals surface area contributed by atoms with E-state index in [4.69, 9.17) is 0 Å². The van der Waals surface area contributed by atoms with Gasteiger partial charge >= 0.3 is 0 Å². The van der Waals surface area contributed by atoms with E-state index in [1.165, 1.54) is 12.1 Å². The van der Waals surface area contributed by atoms with Gasteiger partial charge in [0.15, 0.2) is 5.69 Å². The van der Waals surface area contributed by atoms with E-state index in [9.17, 15) is 14.0 Å². The van der Waals surface area contributed by atoms with Gasteiger partial charge in [-0.3, -0.25) is 9.59 Å². The highest BCUT2D eigenvalue weighted by Crippen LogP contribution is 2.28. The average Bonchev–Trinajstić information content (AvgIpc) is 3.32. The van der Waals surface area contributed by atoms with Gasteiger partial charge in [-0.2, -0.15) is 5.10 Å². The summed E-state index contributed by atoms with van der Waals surface area (Å²) in [5.41, 5.74) is 4.38. The zero-order chi connectivity index (χ0) is 22.0. The number of rotatable bonds is 6. The first-order chi connectivity index (χ1) is 14.9. The average molecular weight is 420 g/mol. The second-order valence-electron chi connectivity index (χ2n) is 8.19. The van der Waals surface area contributed by atoms with Crippen molar-refractivity contribution in [1.29, 1.82) is 0 Å². The first-order valence-electron chi connectivity index (χ1n) is 10.5. The van der Waals surface area contributed by atoms with E-state index in [1.807, 2.05) is 13.8 Å². The summed E-state index contributed by atoms with van der Waals surface area (Å²) in [7, 11) is 0. The fraction of sp³-hybridized carbons (Fsp3) is 0.292. The van der Waals surface area contributed by atoms with Gasteiger partial charge in [-0.1, -0.05) is 13.8 Å². The van der Waals surface area contributed by atoms with E-state index in [-0.39, 0.29) is 23.5 Å². The topological polar surface area (TPSA) is 76.0 Å². The number of benzene rings is 2. The molecule has 1 aliphatic carbocycles. The molecule has 2 amide bonds. The summed E-state index contributed by atoms with van der Waals surface area (Å²) in [5.74, 6) is -0.339. The molecule has 0 aliphatic heterocycles. The maximum atomic E-state index is 13.3. The minimum Gasteiger partial charge on any atom is -0.326 e. The van der Waals surface area contributed by atoms with Crippen molar-refractivity contribution in [1.82, 2.24) is 9.78 Å². The Morgan fingerprint density at radius 3 is 2.29 bits per heavy atom. The highest BCUT2D eigenvalue weighted by atomic mass is 19.1. The number of fused-ring (bicyclic) bond motifs is 1. The third-order valence-electron chi connectivity index (χ3n) is 5.24. The molecule has 4 rings (SSSR count). The fourth-order valence-corrected chi connectivity index (χ4v) is 3.83. The molecule has 0 unspecified atom stereocenters. The van der Waals surface area contributed by atoms with Crippen LogP contribution >= 0.6 is 0 Å². The minimum absolute atomic E-state index is 0.0336. The molecule has 31 heavy (non-hydrogen) atoms. The van der Waals surface area contributed by atoms with Gasteiger partial charge < -0.3 is 10.6 Å². The molecular weight excluding hydrogens is 395 g/mol. The molecule has 0 bridgehead atoms. The Morgan fingerprint density at radius 2 is 1.65 bits per heavy atom. The monoisotopic (exact) mass is 420 g/mol. The molecule has 1 heterocycles. The van der Waals surface area contributed by atoms with Crippen molar-refractivity contribution in [3.63, 3.8) is 0 Å². The number of anilines is 2. The zero-order valence-corrected chi connectivity index (χ0v) is 17.6. The van der Waals surface area contributed by atoms with Crippen LogP contribution < -0.4 is 10.6 Å². The Bertz CT molecular complexity index is 1100. The molecule has 0 spiro atoms. The van der Waals surface area contributed by atoms with Gasteiger partial charge in [0.05, 0.1) is 5.69 Å². The molecular formula is C24H25FN4O2. The largest absolute Gasteiger partial charge is 0.326 e. The maximum Gasteiger partial charge on any atom is 0.276 e. The van der Waals surface area contributed by atoms with Crippen LogP contribution in [0.3, 0.4) is 0 Å². The lowest BCUT2D eigenvalue weighted by Gasteiger charge is -2.09. The summed E-state index contributed by atoms with van der Waals surface area (Å²) < 4.78 is 15.0. The lowest BCUT2D eigenvalue weighted by Crippen LogP contribution is -2.15. The third-order valence-corrected chi connectivity index (χ3v) is 5.24. The summed E-state index contributed by atoms with van der Waals surface area (Å²) in [5, 5.41) is 10.3. The van der Waals surface area contributed by atoms with Crippen molar-refractivity contribution < 1.29 is 14.0 Å². The first-order valence-corrected chi connectivity index (χ1v) is 10.5. The number of carbonyl (C=O) groups excluding carboxylic acids is 2. The summed E-state index contributed by atoms with van der Waals surface area (Å²) in [6.45, 7) is 3.98. The Balaban J connectivity index is 1.50. The molecule has 0 saturated carbocycles. The van der Waals surface area contributed by atoms with Gasteiger partial charge in [-0.05, 0) is 73.7 Å². The minimum atomic E-state index is -0.311. The molecule has 160 valence electrons. The van der Waals surface area contributed by atoms with Crippen molar-refractivity contribution >= 4 is 23.2 Å². The summed E-state index contributed by atoms with van der Waals surface area (Å²) in [6.07, 6.45) is 3.04. The van der Waals surface area contributed by atoms with Crippen LogP contribution in [0.25, 0.3) is 5.69 Å². The number of halogens is 1. The summed E-state index contributed by atoms with van der Waals surface area (Å²) >= 11 is 0. The number of hydrogen-bond acceptors (Lipinski definition) is 3. The molecule has 1 aliphatic rings. The number of aromatic nitrogens is 2. The molecule has 6 nitrogen and oxygen atoms in total. The van der Waals surface area contributed by atoms with E-state index >= 15 is 0 Å². The molecule has 2 aromatic carbocycles. The first kappa shape index (κ1) is 20.8.